The van der Waals surface area contributed by atoms with Gasteiger partial charge in [-0.15, -0.1) is 0 Å². The summed E-state index contributed by atoms with van der Waals surface area (Å²) in [6, 6.07) is 18.3. The van der Waals surface area contributed by atoms with Gasteiger partial charge in [-0.2, -0.15) is 0 Å². The molecule has 0 fully saturated rings. The quantitative estimate of drug-likeness (QED) is 0.841. The van der Waals surface area contributed by atoms with Crippen molar-refractivity contribution in [2.75, 3.05) is 0 Å². The summed E-state index contributed by atoms with van der Waals surface area (Å²) in [5.41, 5.74) is 0.0216. The van der Waals surface area contributed by atoms with E-state index in [0.717, 1.165) is 5.56 Å². The largest absolute Gasteiger partial charge is 0.445 e. The number of hydrogen-bond donors (Lipinski definition) is 2. The lowest BCUT2D eigenvalue weighted by Gasteiger charge is -2.24. The molecule has 0 saturated carbocycles. The predicted octanol–water partition coefficient (Wildman–Crippen LogP) is 2.78. The number of aliphatic hydroxyl groups is 1. The molecule has 4 nitrogen and oxygen atoms in total. The molecule has 0 radical (unpaired) electrons. The molecule has 0 saturated heterocycles. The zero-order chi connectivity index (χ0) is 14.4. The van der Waals surface area contributed by atoms with Crippen molar-refractivity contribution < 1.29 is 14.6 Å². The van der Waals surface area contributed by atoms with Gasteiger partial charge < -0.3 is 9.84 Å². The lowest BCUT2D eigenvalue weighted by molar-refractivity contribution is 0.0150. The Balaban J connectivity index is 1.91. The van der Waals surface area contributed by atoms with Crippen LogP contribution in [0.5, 0.6) is 0 Å². The van der Waals surface area contributed by atoms with Crippen LogP contribution in [-0.2, 0) is 17.1 Å². The minimum absolute atomic E-state index is 0.164. The maximum atomic E-state index is 11.7. The summed E-state index contributed by atoms with van der Waals surface area (Å²) >= 11 is 0. The van der Waals surface area contributed by atoms with E-state index in [1.165, 1.54) is 6.92 Å². The Morgan fingerprint density at radius 2 is 1.65 bits per heavy atom. The highest BCUT2D eigenvalue weighted by Crippen LogP contribution is 2.16. The lowest BCUT2D eigenvalue weighted by Crippen LogP contribution is -2.43. The molecule has 20 heavy (non-hydrogen) atoms. The summed E-state index contributed by atoms with van der Waals surface area (Å²) in [7, 11) is 0. The second-order valence-corrected chi connectivity index (χ2v) is 4.62. The van der Waals surface area contributed by atoms with Crippen molar-refractivity contribution in [2.24, 2.45) is 0 Å². The topological polar surface area (TPSA) is 58.6 Å². The summed E-state index contributed by atoms with van der Waals surface area (Å²) in [6.07, 6.45) is -0.664. The van der Waals surface area contributed by atoms with Crippen molar-refractivity contribution in [3.05, 3.63) is 71.8 Å². The second-order valence-electron chi connectivity index (χ2n) is 4.62. The highest BCUT2D eigenvalue weighted by Gasteiger charge is 2.25. The van der Waals surface area contributed by atoms with Crippen molar-refractivity contribution >= 4 is 6.09 Å². The molecule has 0 aliphatic rings. The SMILES string of the molecule is CC(O)(NC(=O)OCc1ccccc1)c1ccccc1. The molecular formula is C16H17NO3. The molecule has 1 atom stereocenters. The number of benzene rings is 2. The molecule has 0 bridgehead atoms. The van der Waals surface area contributed by atoms with Crippen molar-refractivity contribution in [1.29, 1.82) is 0 Å². The van der Waals surface area contributed by atoms with Crippen LogP contribution in [0.2, 0.25) is 0 Å². The van der Waals surface area contributed by atoms with E-state index < -0.39 is 11.8 Å². The zero-order valence-corrected chi connectivity index (χ0v) is 11.2. The van der Waals surface area contributed by atoms with Gasteiger partial charge >= 0.3 is 6.09 Å². The molecule has 0 aliphatic carbocycles. The zero-order valence-electron chi connectivity index (χ0n) is 11.2. The third-order valence-corrected chi connectivity index (χ3v) is 2.89. The minimum atomic E-state index is -1.46. The van der Waals surface area contributed by atoms with Crippen LogP contribution in [0.1, 0.15) is 18.1 Å². The maximum absolute atomic E-state index is 11.7. The van der Waals surface area contributed by atoms with Crippen molar-refractivity contribution in [3.8, 4) is 0 Å². The van der Waals surface area contributed by atoms with Gasteiger partial charge in [-0.3, -0.25) is 5.32 Å². The molecule has 2 rings (SSSR count). The van der Waals surface area contributed by atoms with Gasteiger partial charge in [0, 0.05) is 5.56 Å². The first kappa shape index (κ1) is 14.1. The Bertz CT molecular complexity index is 552. The molecule has 2 N–H and O–H groups in total. The van der Waals surface area contributed by atoms with Gasteiger partial charge in [-0.25, -0.2) is 4.79 Å². The van der Waals surface area contributed by atoms with Crippen molar-refractivity contribution in [2.45, 2.75) is 19.3 Å². The average Bonchev–Trinajstić information content (AvgIpc) is 2.47. The summed E-state index contributed by atoms with van der Waals surface area (Å²) < 4.78 is 5.08. The van der Waals surface area contributed by atoms with E-state index in [2.05, 4.69) is 5.32 Å². The van der Waals surface area contributed by atoms with Gasteiger partial charge in [-0.05, 0) is 12.5 Å². The fourth-order valence-corrected chi connectivity index (χ4v) is 1.79. The minimum Gasteiger partial charge on any atom is -0.445 e. The smallest absolute Gasteiger partial charge is 0.409 e. The average molecular weight is 271 g/mol. The second kappa shape index (κ2) is 6.21. The fraction of sp³-hybridized carbons (Fsp3) is 0.188. The van der Waals surface area contributed by atoms with E-state index in [-0.39, 0.29) is 6.61 Å². The number of alkyl carbamates (subject to hydrolysis) is 1. The van der Waals surface area contributed by atoms with Gasteiger partial charge in [0.15, 0.2) is 5.72 Å². The molecule has 2 aromatic carbocycles. The van der Waals surface area contributed by atoms with Crippen LogP contribution in [0.15, 0.2) is 60.7 Å². The fourth-order valence-electron chi connectivity index (χ4n) is 1.79. The third-order valence-electron chi connectivity index (χ3n) is 2.89. The highest BCUT2D eigenvalue weighted by molar-refractivity contribution is 5.68. The molecule has 0 aromatic heterocycles. The number of carbonyl (C=O) groups excluding carboxylic acids is 1. The standard InChI is InChI=1S/C16H17NO3/c1-16(19,14-10-6-3-7-11-14)17-15(18)20-12-13-8-4-2-5-9-13/h2-11,19H,12H2,1H3,(H,17,18). The van der Waals surface area contributed by atoms with Crippen LogP contribution in [0.25, 0.3) is 0 Å². The van der Waals surface area contributed by atoms with Gasteiger partial charge in [0.1, 0.15) is 6.61 Å². The number of ether oxygens (including phenoxy) is 1. The van der Waals surface area contributed by atoms with Crippen LogP contribution < -0.4 is 5.32 Å². The first-order valence-electron chi connectivity index (χ1n) is 6.35. The van der Waals surface area contributed by atoms with Crippen molar-refractivity contribution in [1.82, 2.24) is 5.32 Å². The predicted molar refractivity (Wildman–Crippen MR) is 75.8 cm³/mol. The van der Waals surface area contributed by atoms with Gasteiger partial charge in [-0.1, -0.05) is 60.7 Å². The number of carbonyl (C=O) groups is 1. The maximum Gasteiger partial charge on any atom is 0.409 e. The number of nitrogens with one attached hydrogen (secondary N) is 1. The molecule has 0 heterocycles. The third kappa shape index (κ3) is 3.83. The molecule has 1 amide bonds. The highest BCUT2D eigenvalue weighted by atomic mass is 16.6. The van der Waals surface area contributed by atoms with E-state index in [9.17, 15) is 9.90 Å². The van der Waals surface area contributed by atoms with E-state index in [1.807, 2.05) is 36.4 Å². The number of hydrogen-bond acceptors (Lipinski definition) is 3. The Hall–Kier alpha value is -2.33. The lowest BCUT2D eigenvalue weighted by atomic mass is 10.1. The Morgan fingerprint density at radius 1 is 1.10 bits per heavy atom. The van der Waals surface area contributed by atoms with Gasteiger partial charge in [0.25, 0.3) is 0 Å². The van der Waals surface area contributed by atoms with E-state index >= 15 is 0 Å². The summed E-state index contributed by atoms with van der Waals surface area (Å²) in [6.45, 7) is 1.67. The van der Waals surface area contributed by atoms with Crippen molar-refractivity contribution in [3.63, 3.8) is 0 Å². The van der Waals surface area contributed by atoms with Crippen LogP contribution in [-0.4, -0.2) is 11.2 Å². The summed E-state index contributed by atoms with van der Waals surface area (Å²) in [5.74, 6) is 0. The van der Waals surface area contributed by atoms with Gasteiger partial charge in [0.2, 0.25) is 0 Å². The Kier molecular flexibility index (Phi) is 4.38. The summed E-state index contributed by atoms with van der Waals surface area (Å²) in [4.78, 5) is 11.7. The van der Waals surface area contributed by atoms with Crippen LogP contribution in [0.4, 0.5) is 4.79 Å². The van der Waals surface area contributed by atoms with E-state index in [1.54, 1.807) is 24.3 Å². The first-order valence-corrected chi connectivity index (χ1v) is 6.35. The molecule has 0 aliphatic heterocycles. The molecule has 0 spiro atoms. The number of amides is 1. The molecule has 2 aromatic rings. The van der Waals surface area contributed by atoms with Gasteiger partial charge in [0.05, 0.1) is 0 Å². The molecule has 4 heteroatoms. The molecule has 104 valence electrons. The Labute approximate surface area is 118 Å². The van der Waals surface area contributed by atoms with E-state index in [4.69, 9.17) is 4.74 Å². The van der Waals surface area contributed by atoms with Crippen LogP contribution in [0.3, 0.4) is 0 Å². The molecule has 1 unspecified atom stereocenters. The normalized spacial score (nSPS) is 13.3. The Morgan fingerprint density at radius 3 is 2.25 bits per heavy atom. The van der Waals surface area contributed by atoms with E-state index in [0.29, 0.717) is 5.56 Å². The molecular weight excluding hydrogens is 254 g/mol. The monoisotopic (exact) mass is 271 g/mol. The number of rotatable bonds is 4. The van der Waals surface area contributed by atoms with Crippen LogP contribution >= 0.6 is 0 Å². The first-order chi connectivity index (χ1) is 9.58. The van der Waals surface area contributed by atoms with Crippen LogP contribution in [0, 0.1) is 0 Å². The summed E-state index contributed by atoms with van der Waals surface area (Å²) in [5, 5.41) is 12.7.